The molecule has 0 saturated heterocycles. The summed E-state index contributed by atoms with van der Waals surface area (Å²) < 4.78 is 2.23. The number of aryl methyl sites for hydroxylation is 1. The second-order valence-corrected chi connectivity index (χ2v) is 8.14. The molecule has 2 aromatic heterocycles. The Labute approximate surface area is 177 Å². The average Bonchev–Trinajstić information content (AvgIpc) is 3.04. The van der Waals surface area contributed by atoms with E-state index in [0.717, 1.165) is 21.2 Å². The molecule has 10 heteroatoms. The van der Waals surface area contributed by atoms with Gasteiger partial charge in [0.15, 0.2) is 10.8 Å². The summed E-state index contributed by atoms with van der Waals surface area (Å²) >= 11 is 4.77. The molecule has 0 atom stereocenters. The molecular weight excluding hydrogens is 458 g/mol. The molecule has 0 spiro atoms. The van der Waals surface area contributed by atoms with Crippen molar-refractivity contribution in [1.29, 1.82) is 0 Å². The fourth-order valence-corrected chi connectivity index (χ4v) is 3.99. The van der Waals surface area contributed by atoms with E-state index in [2.05, 4.69) is 31.0 Å². The number of aromatic nitrogens is 4. The SMILES string of the molecule is Cc1nn2c(=O)[nH]c(SCc3ccc([N+](=O)[O-])cc3)nc2c1-c1ccc(Br)cc1. The number of aromatic amines is 1. The van der Waals surface area contributed by atoms with Gasteiger partial charge in [-0.1, -0.05) is 52.0 Å². The van der Waals surface area contributed by atoms with Gasteiger partial charge in [-0.3, -0.25) is 15.1 Å². The third-order valence-corrected chi connectivity index (χ3v) is 5.78. The number of nitro groups is 1. The lowest BCUT2D eigenvalue weighted by atomic mass is 10.1. The van der Waals surface area contributed by atoms with Gasteiger partial charge in [0, 0.05) is 27.9 Å². The minimum Gasteiger partial charge on any atom is -0.285 e. The Morgan fingerprint density at radius 2 is 1.86 bits per heavy atom. The number of thioether (sulfide) groups is 1. The lowest BCUT2D eigenvalue weighted by Crippen LogP contribution is -2.19. The van der Waals surface area contributed by atoms with Crippen LogP contribution >= 0.6 is 27.7 Å². The summed E-state index contributed by atoms with van der Waals surface area (Å²) in [5, 5.41) is 15.5. The number of H-pyrrole nitrogens is 1. The fraction of sp³-hybridized carbons (Fsp3) is 0.105. The zero-order chi connectivity index (χ0) is 20.5. The van der Waals surface area contributed by atoms with Crippen molar-refractivity contribution in [2.75, 3.05) is 0 Å². The molecule has 29 heavy (non-hydrogen) atoms. The van der Waals surface area contributed by atoms with Crippen LogP contribution in [0.2, 0.25) is 0 Å². The summed E-state index contributed by atoms with van der Waals surface area (Å²) in [6.07, 6.45) is 0. The van der Waals surface area contributed by atoms with Crippen molar-refractivity contribution in [3.63, 3.8) is 0 Å². The predicted molar refractivity (Wildman–Crippen MR) is 114 cm³/mol. The first-order valence-corrected chi connectivity index (χ1v) is 10.3. The van der Waals surface area contributed by atoms with Crippen LogP contribution in [0, 0.1) is 17.0 Å². The average molecular weight is 472 g/mol. The number of nitro benzene ring substituents is 1. The molecule has 0 saturated carbocycles. The van der Waals surface area contributed by atoms with Crippen LogP contribution < -0.4 is 5.69 Å². The van der Waals surface area contributed by atoms with Gasteiger partial charge in [-0.05, 0) is 30.2 Å². The second-order valence-electron chi connectivity index (χ2n) is 6.26. The molecule has 0 unspecified atom stereocenters. The Kier molecular flexibility index (Phi) is 5.20. The van der Waals surface area contributed by atoms with E-state index in [-0.39, 0.29) is 11.4 Å². The van der Waals surface area contributed by atoms with Crippen molar-refractivity contribution in [2.24, 2.45) is 0 Å². The molecule has 0 fully saturated rings. The zero-order valence-corrected chi connectivity index (χ0v) is 17.5. The molecule has 0 aliphatic rings. The zero-order valence-electron chi connectivity index (χ0n) is 15.1. The second kappa shape index (κ2) is 7.80. The third-order valence-electron chi connectivity index (χ3n) is 4.31. The molecule has 0 radical (unpaired) electrons. The number of nitrogens with one attached hydrogen (secondary N) is 1. The molecule has 0 amide bonds. The van der Waals surface area contributed by atoms with Crippen LogP contribution in [0.3, 0.4) is 0 Å². The highest BCUT2D eigenvalue weighted by molar-refractivity contribution is 9.10. The van der Waals surface area contributed by atoms with E-state index in [1.54, 1.807) is 12.1 Å². The van der Waals surface area contributed by atoms with E-state index in [1.165, 1.54) is 28.4 Å². The minimum absolute atomic E-state index is 0.0422. The van der Waals surface area contributed by atoms with Gasteiger partial charge >= 0.3 is 5.69 Å². The van der Waals surface area contributed by atoms with E-state index in [1.807, 2.05) is 31.2 Å². The summed E-state index contributed by atoms with van der Waals surface area (Å²) in [7, 11) is 0. The molecule has 4 aromatic rings. The number of non-ortho nitro benzene ring substituents is 1. The molecule has 2 heterocycles. The number of hydrogen-bond acceptors (Lipinski definition) is 6. The van der Waals surface area contributed by atoms with Crippen LogP contribution in [0.25, 0.3) is 16.8 Å². The van der Waals surface area contributed by atoms with Crippen LogP contribution in [0.15, 0.2) is 63.0 Å². The van der Waals surface area contributed by atoms with E-state index >= 15 is 0 Å². The Morgan fingerprint density at radius 3 is 2.52 bits per heavy atom. The van der Waals surface area contributed by atoms with Gasteiger partial charge in [0.2, 0.25) is 0 Å². The Balaban J connectivity index is 1.67. The minimum atomic E-state index is -0.435. The van der Waals surface area contributed by atoms with Gasteiger partial charge in [0.1, 0.15) is 0 Å². The van der Waals surface area contributed by atoms with Crippen LogP contribution in [0.4, 0.5) is 5.69 Å². The molecule has 0 aliphatic heterocycles. The van der Waals surface area contributed by atoms with Gasteiger partial charge < -0.3 is 0 Å². The quantitative estimate of drug-likeness (QED) is 0.263. The maximum atomic E-state index is 12.5. The maximum Gasteiger partial charge on any atom is 0.350 e. The van der Waals surface area contributed by atoms with Gasteiger partial charge in [0.05, 0.1) is 10.6 Å². The van der Waals surface area contributed by atoms with Crippen LogP contribution in [0.5, 0.6) is 0 Å². The summed E-state index contributed by atoms with van der Waals surface area (Å²) in [6.45, 7) is 1.84. The molecule has 0 aliphatic carbocycles. The number of nitrogens with zero attached hydrogens (tertiary/aromatic N) is 4. The lowest BCUT2D eigenvalue weighted by Gasteiger charge is -2.04. The van der Waals surface area contributed by atoms with Crippen molar-refractivity contribution >= 4 is 39.0 Å². The first-order valence-electron chi connectivity index (χ1n) is 8.54. The van der Waals surface area contributed by atoms with Crippen molar-refractivity contribution in [3.8, 4) is 11.1 Å². The summed E-state index contributed by atoms with van der Waals surface area (Å²) in [4.78, 5) is 30.2. The molecule has 1 N–H and O–H groups in total. The lowest BCUT2D eigenvalue weighted by molar-refractivity contribution is -0.384. The van der Waals surface area contributed by atoms with Gasteiger partial charge in [-0.25, -0.2) is 9.78 Å². The van der Waals surface area contributed by atoms with Crippen molar-refractivity contribution in [1.82, 2.24) is 19.6 Å². The molecule has 8 nitrogen and oxygen atoms in total. The van der Waals surface area contributed by atoms with E-state index < -0.39 is 4.92 Å². The highest BCUT2D eigenvalue weighted by Gasteiger charge is 2.16. The highest BCUT2D eigenvalue weighted by Crippen LogP contribution is 2.29. The largest absolute Gasteiger partial charge is 0.350 e. The van der Waals surface area contributed by atoms with E-state index in [9.17, 15) is 14.9 Å². The number of halogens is 1. The van der Waals surface area contributed by atoms with Gasteiger partial charge in [0.25, 0.3) is 5.69 Å². The van der Waals surface area contributed by atoms with Crippen LogP contribution in [-0.4, -0.2) is 24.5 Å². The smallest absolute Gasteiger partial charge is 0.285 e. The first kappa shape index (κ1) is 19.3. The maximum absolute atomic E-state index is 12.5. The number of rotatable bonds is 5. The molecule has 146 valence electrons. The number of benzene rings is 2. The van der Waals surface area contributed by atoms with E-state index in [4.69, 9.17) is 0 Å². The predicted octanol–water partition coefficient (Wildman–Crippen LogP) is 4.36. The topological polar surface area (TPSA) is 106 Å². The normalized spacial score (nSPS) is 11.1. The highest BCUT2D eigenvalue weighted by atomic mass is 79.9. The standard InChI is InChI=1S/C19H14BrN5O3S/c1-11-16(13-4-6-14(20)7-5-13)17-21-18(22-19(26)24(17)23-11)29-10-12-2-8-15(9-3-12)25(27)28/h2-9H,10H2,1H3,(H,21,22,26). The molecule has 4 rings (SSSR count). The summed E-state index contributed by atoms with van der Waals surface area (Å²) in [5.74, 6) is 0.512. The monoisotopic (exact) mass is 471 g/mol. The molecule has 0 bridgehead atoms. The third kappa shape index (κ3) is 3.94. The fourth-order valence-electron chi connectivity index (χ4n) is 2.92. The molecule has 2 aromatic carbocycles. The Bertz CT molecular complexity index is 1270. The summed E-state index contributed by atoms with van der Waals surface area (Å²) in [5.41, 5.74) is 3.49. The first-order chi connectivity index (χ1) is 13.9. The van der Waals surface area contributed by atoms with Crippen molar-refractivity contribution in [3.05, 3.63) is 84.9 Å². The molecular formula is C19H14BrN5O3S. The van der Waals surface area contributed by atoms with E-state index in [0.29, 0.717) is 22.3 Å². The number of fused-ring (bicyclic) bond motifs is 1. The number of hydrogen-bond donors (Lipinski definition) is 1. The van der Waals surface area contributed by atoms with Gasteiger partial charge in [-0.15, -0.1) is 0 Å². The van der Waals surface area contributed by atoms with Crippen molar-refractivity contribution < 1.29 is 4.92 Å². The van der Waals surface area contributed by atoms with Crippen LogP contribution in [-0.2, 0) is 5.75 Å². The van der Waals surface area contributed by atoms with Gasteiger partial charge in [-0.2, -0.15) is 9.61 Å². The van der Waals surface area contributed by atoms with Crippen LogP contribution in [0.1, 0.15) is 11.3 Å². The van der Waals surface area contributed by atoms with Crippen molar-refractivity contribution in [2.45, 2.75) is 17.8 Å². The Morgan fingerprint density at radius 1 is 1.17 bits per heavy atom. The Hall–Kier alpha value is -2.98. The summed E-state index contributed by atoms with van der Waals surface area (Å²) in [6, 6.07) is 14.0.